The molecule has 100 valence electrons. The zero-order valence-electron chi connectivity index (χ0n) is 11.1. The van der Waals surface area contributed by atoms with Crippen LogP contribution in [0, 0.1) is 0 Å². The van der Waals surface area contributed by atoms with E-state index in [0.717, 1.165) is 34.4 Å². The Hall–Kier alpha value is -1.26. The Morgan fingerprint density at radius 2 is 2.00 bits per heavy atom. The second kappa shape index (κ2) is 6.78. The summed E-state index contributed by atoms with van der Waals surface area (Å²) < 4.78 is 5.56. The van der Waals surface area contributed by atoms with Gasteiger partial charge in [0, 0.05) is 29.9 Å². The molecule has 0 spiro atoms. The molecular weight excluding hydrogens is 304 g/mol. The minimum absolute atomic E-state index is 0.212. The summed E-state index contributed by atoms with van der Waals surface area (Å²) in [5.41, 5.74) is 3.27. The predicted octanol–water partition coefficient (Wildman–Crippen LogP) is 3.67. The largest absolute Gasteiger partial charge is 0.369 e. The van der Waals surface area contributed by atoms with E-state index in [1.54, 1.807) is 7.11 Å². The number of ether oxygens (including phenoxy) is 1. The summed E-state index contributed by atoms with van der Waals surface area (Å²) in [4.78, 5) is 9.08. The smallest absolute Gasteiger partial charge is 0.162 e. The number of halogens is 1. The number of rotatable bonds is 5. The molecule has 1 atom stereocenters. The molecule has 0 bridgehead atoms. The van der Waals surface area contributed by atoms with Crippen LogP contribution >= 0.6 is 15.9 Å². The van der Waals surface area contributed by atoms with E-state index in [-0.39, 0.29) is 6.10 Å². The Bertz CT molecular complexity index is 531. The minimum Gasteiger partial charge on any atom is -0.369 e. The van der Waals surface area contributed by atoms with Gasteiger partial charge < -0.3 is 4.74 Å². The van der Waals surface area contributed by atoms with E-state index in [1.807, 2.05) is 36.5 Å². The van der Waals surface area contributed by atoms with Crippen LogP contribution in [-0.4, -0.2) is 17.1 Å². The molecule has 0 saturated carbocycles. The molecular formula is C15H17BrN2O. The third kappa shape index (κ3) is 3.19. The lowest BCUT2D eigenvalue weighted by Crippen LogP contribution is -2.11. The highest BCUT2D eigenvalue weighted by atomic mass is 79.9. The molecule has 0 amide bonds. The molecule has 0 fully saturated rings. The number of nitrogens with zero attached hydrogens (tertiary/aromatic N) is 2. The maximum absolute atomic E-state index is 5.56. The third-order valence-corrected chi connectivity index (χ3v) is 3.63. The molecule has 2 aromatic rings. The van der Waals surface area contributed by atoms with Gasteiger partial charge in [-0.15, -0.1) is 0 Å². The van der Waals surface area contributed by atoms with Crippen molar-refractivity contribution in [1.29, 1.82) is 0 Å². The van der Waals surface area contributed by atoms with Crippen molar-refractivity contribution >= 4 is 15.9 Å². The standard InChI is InChI=1S/C15H17BrN2O/c1-3-13-12(9-16)10-17-15(18-13)14(19-2)11-7-5-4-6-8-11/h4-8,10,14H,3,9H2,1-2H3. The van der Waals surface area contributed by atoms with Crippen molar-refractivity contribution in [3.05, 3.63) is 59.2 Å². The van der Waals surface area contributed by atoms with Gasteiger partial charge in [-0.25, -0.2) is 9.97 Å². The Morgan fingerprint density at radius 3 is 2.58 bits per heavy atom. The van der Waals surface area contributed by atoms with Crippen LogP contribution in [0.2, 0.25) is 0 Å². The second-order valence-electron chi connectivity index (χ2n) is 4.21. The molecule has 2 rings (SSSR count). The van der Waals surface area contributed by atoms with Gasteiger partial charge in [0.1, 0.15) is 6.10 Å². The fourth-order valence-corrected chi connectivity index (χ4v) is 2.49. The normalized spacial score (nSPS) is 12.4. The molecule has 1 aromatic carbocycles. The van der Waals surface area contributed by atoms with E-state index in [9.17, 15) is 0 Å². The Kier molecular flexibility index (Phi) is 5.05. The molecule has 19 heavy (non-hydrogen) atoms. The van der Waals surface area contributed by atoms with Crippen molar-refractivity contribution < 1.29 is 4.74 Å². The molecule has 0 aliphatic rings. The predicted molar refractivity (Wildman–Crippen MR) is 79.3 cm³/mol. The molecule has 3 nitrogen and oxygen atoms in total. The van der Waals surface area contributed by atoms with Crippen LogP contribution < -0.4 is 0 Å². The zero-order valence-corrected chi connectivity index (χ0v) is 12.7. The van der Waals surface area contributed by atoms with Gasteiger partial charge in [0.25, 0.3) is 0 Å². The molecule has 0 N–H and O–H groups in total. The fourth-order valence-electron chi connectivity index (χ4n) is 2.02. The summed E-state index contributed by atoms with van der Waals surface area (Å²) in [7, 11) is 1.69. The Labute approximate surface area is 122 Å². The molecule has 0 aliphatic heterocycles. The lowest BCUT2D eigenvalue weighted by molar-refractivity contribution is 0.128. The van der Waals surface area contributed by atoms with Crippen molar-refractivity contribution in [3.8, 4) is 0 Å². The van der Waals surface area contributed by atoms with Crippen LogP contribution in [0.25, 0.3) is 0 Å². The average Bonchev–Trinajstić information content (AvgIpc) is 2.49. The second-order valence-corrected chi connectivity index (χ2v) is 4.77. The number of hydrogen-bond donors (Lipinski definition) is 0. The zero-order chi connectivity index (χ0) is 13.7. The lowest BCUT2D eigenvalue weighted by atomic mass is 10.1. The SMILES string of the molecule is CCc1nc(C(OC)c2ccccc2)ncc1CBr. The highest BCUT2D eigenvalue weighted by Crippen LogP contribution is 2.23. The highest BCUT2D eigenvalue weighted by Gasteiger charge is 2.17. The van der Waals surface area contributed by atoms with E-state index in [4.69, 9.17) is 4.74 Å². The summed E-state index contributed by atoms with van der Waals surface area (Å²) in [6, 6.07) is 10.0. The quantitative estimate of drug-likeness (QED) is 0.788. The van der Waals surface area contributed by atoms with Gasteiger partial charge in [-0.05, 0) is 12.0 Å². The third-order valence-electron chi connectivity index (χ3n) is 3.02. The monoisotopic (exact) mass is 320 g/mol. The average molecular weight is 321 g/mol. The van der Waals surface area contributed by atoms with Crippen molar-refractivity contribution in [2.45, 2.75) is 24.8 Å². The van der Waals surface area contributed by atoms with Crippen molar-refractivity contribution in [2.75, 3.05) is 7.11 Å². The molecule has 1 unspecified atom stereocenters. The van der Waals surface area contributed by atoms with Crippen LogP contribution in [-0.2, 0) is 16.5 Å². The number of benzene rings is 1. The van der Waals surface area contributed by atoms with Gasteiger partial charge >= 0.3 is 0 Å². The molecule has 1 aromatic heterocycles. The summed E-state index contributed by atoms with van der Waals surface area (Å²) in [5.74, 6) is 0.718. The van der Waals surface area contributed by atoms with E-state index in [1.165, 1.54) is 0 Å². The van der Waals surface area contributed by atoms with Crippen molar-refractivity contribution in [3.63, 3.8) is 0 Å². The summed E-state index contributed by atoms with van der Waals surface area (Å²) in [6.45, 7) is 2.10. The fraction of sp³-hybridized carbons (Fsp3) is 0.333. The molecule has 4 heteroatoms. The first-order valence-electron chi connectivity index (χ1n) is 6.28. The van der Waals surface area contributed by atoms with Gasteiger partial charge in [-0.3, -0.25) is 0 Å². The Balaban J connectivity index is 2.39. The number of hydrogen-bond acceptors (Lipinski definition) is 3. The van der Waals surface area contributed by atoms with E-state index >= 15 is 0 Å². The van der Waals surface area contributed by atoms with Crippen LogP contribution in [0.1, 0.15) is 35.7 Å². The maximum atomic E-state index is 5.56. The van der Waals surface area contributed by atoms with E-state index in [2.05, 4.69) is 32.8 Å². The topological polar surface area (TPSA) is 35.0 Å². The lowest BCUT2D eigenvalue weighted by Gasteiger charge is -2.16. The van der Waals surface area contributed by atoms with E-state index < -0.39 is 0 Å². The first kappa shape index (κ1) is 14.2. The number of aryl methyl sites for hydroxylation is 1. The number of methoxy groups -OCH3 is 1. The molecule has 0 aliphatic carbocycles. The maximum Gasteiger partial charge on any atom is 0.162 e. The van der Waals surface area contributed by atoms with Crippen LogP contribution in [0.5, 0.6) is 0 Å². The van der Waals surface area contributed by atoms with Gasteiger partial charge in [-0.1, -0.05) is 53.2 Å². The van der Waals surface area contributed by atoms with Gasteiger partial charge in [0.15, 0.2) is 5.82 Å². The van der Waals surface area contributed by atoms with Gasteiger partial charge in [0.2, 0.25) is 0 Å². The van der Waals surface area contributed by atoms with Crippen molar-refractivity contribution in [1.82, 2.24) is 9.97 Å². The first-order valence-corrected chi connectivity index (χ1v) is 7.40. The summed E-state index contributed by atoms with van der Waals surface area (Å²) >= 11 is 3.46. The van der Waals surface area contributed by atoms with Crippen LogP contribution in [0.3, 0.4) is 0 Å². The summed E-state index contributed by atoms with van der Waals surface area (Å²) in [5, 5.41) is 0.777. The summed E-state index contributed by atoms with van der Waals surface area (Å²) in [6.07, 6.45) is 2.56. The molecule has 0 radical (unpaired) electrons. The van der Waals surface area contributed by atoms with Gasteiger partial charge in [0.05, 0.1) is 0 Å². The highest BCUT2D eigenvalue weighted by molar-refractivity contribution is 9.08. The van der Waals surface area contributed by atoms with Crippen molar-refractivity contribution in [2.24, 2.45) is 0 Å². The van der Waals surface area contributed by atoms with Crippen LogP contribution in [0.15, 0.2) is 36.5 Å². The molecule has 1 heterocycles. The first-order chi connectivity index (χ1) is 9.30. The number of alkyl halides is 1. The minimum atomic E-state index is -0.212. The van der Waals surface area contributed by atoms with Crippen LogP contribution in [0.4, 0.5) is 0 Å². The Morgan fingerprint density at radius 1 is 1.26 bits per heavy atom. The molecule has 0 saturated heterocycles. The van der Waals surface area contributed by atoms with Gasteiger partial charge in [-0.2, -0.15) is 0 Å². The van der Waals surface area contributed by atoms with E-state index in [0.29, 0.717) is 0 Å². The number of aromatic nitrogens is 2.